The molecule has 1 amide bonds. The summed E-state index contributed by atoms with van der Waals surface area (Å²) in [7, 11) is 1.54. The van der Waals surface area contributed by atoms with Gasteiger partial charge in [0, 0.05) is 11.7 Å². The number of hydrogen-bond acceptors (Lipinski definition) is 3. The number of carbonyl (C=O) groups excluding carboxylic acids is 1. The molecule has 0 atom stereocenters. The second-order valence-corrected chi connectivity index (χ2v) is 6.27. The third-order valence-electron chi connectivity index (χ3n) is 4.80. The van der Waals surface area contributed by atoms with Gasteiger partial charge < -0.3 is 15.8 Å². The molecule has 0 bridgehead atoms. The Morgan fingerprint density at radius 1 is 1.26 bits per heavy atom. The Labute approximate surface area is 114 Å². The largest absolute Gasteiger partial charge is 0.496 e. The highest BCUT2D eigenvalue weighted by Gasteiger charge is 2.65. The summed E-state index contributed by atoms with van der Waals surface area (Å²) in [5.41, 5.74) is 6.94. The summed E-state index contributed by atoms with van der Waals surface area (Å²) in [6.07, 6.45) is 0. The SMILES string of the molecule is COc1cccc(N)c1C(=O)NC1C(C)(C)C1(C)C. The summed E-state index contributed by atoms with van der Waals surface area (Å²) in [4.78, 5) is 12.4. The minimum Gasteiger partial charge on any atom is -0.496 e. The van der Waals surface area contributed by atoms with Gasteiger partial charge in [0.1, 0.15) is 11.3 Å². The minimum atomic E-state index is -0.168. The second-order valence-electron chi connectivity index (χ2n) is 6.27. The predicted molar refractivity (Wildman–Crippen MR) is 76.2 cm³/mol. The number of benzene rings is 1. The van der Waals surface area contributed by atoms with Crippen molar-refractivity contribution in [3.05, 3.63) is 23.8 Å². The smallest absolute Gasteiger partial charge is 0.257 e. The highest BCUT2D eigenvalue weighted by Crippen LogP contribution is 2.62. The molecule has 0 heterocycles. The zero-order valence-corrected chi connectivity index (χ0v) is 12.2. The van der Waals surface area contributed by atoms with E-state index >= 15 is 0 Å². The van der Waals surface area contributed by atoms with Gasteiger partial charge in [0.2, 0.25) is 0 Å². The van der Waals surface area contributed by atoms with Crippen molar-refractivity contribution in [2.45, 2.75) is 33.7 Å². The van der Waals surface area contributed by atoms with E-state index in [0.29, 0.717) is 17.0 Å². The van der Waals surface area contributed by atoms with Gasteiger partial charge in [0.25, 0.3) is 5.91 Å². The van der Waals surface area contributed by atoms with E-state index in [4.69, 9.17) is 10.5 Å². The number of ether oxygens (including phenoxy) is 1. The number of nitrogen functional groups attached to an aromatic ring is 1. The molecular formula is C15H22N2O2. The van der Waals surface area contributed by atoms with E-state index in [0.717, 1.165) is 0 Å². The fourth-order valence-electron chi connectivity index (χ4n) is 2.72. The Morgan fingerprint density at radius 3 is 2.32 bits per heavy atom. The van der Waals surface area contributed by atoms with Crippen LogP contribution in [0.2, 0.25) is 0 Å². The Morgan fingerprint density at radius 2 is 1.84 bits per heavy atom. The van der Waals surface area contributed by atoms with Gasteiger partial charge in [0.05, 0.1) is 7.11 Å². The van der Waals surface area contributed by atoms with Crippen LogP contribution >= 0.6 is 0 Å². The van der Waals surface area contributed by atoms with Crippen molar-refractivity contribution in [3.8, 4) is 5.75 Å². The lowest BCUT2D eigenvalue weighted by Crippen LogP contribution is -2.30. The van der Waals surface area contributed by atoms with E-state index in [9.17, 15) is 4.79 Å². The van der Waals surface area contributed by atoms with Crippen LogP contribution in [-0.4, -0.2) is 19.1 Å². The van der Waals surface area contributed by atoms with Crippen LogP contribution in [0.3, 0.4) is 0 Å². The van der Waals surface area contributed by atoms with Crippen molar-refractivity contribution >= 4 is 11.6 Å². The topological polar surface area (TPSA) is 64.3 Å². The van der Waals surface area contributed by atoms with Gasteiger partial charge in [-0.25, -0.2) is 0 Å². The zero-order valence-electron chi connectivity index (χ0n) is 12.2. The van der Waals surface area contributed by atoms with Crippen molar-refractivity contribution in [1.82, 2.24) is 5.32 Å². The molecule has 3 N–H and O–H groups in total. The molecule has 0 saturated heterocycles. The van der Waals surface area contributed by atoms with E-state index in [2.05, 4.69) is 33.0 Å². The van der Waals surface area contributed by atoms with Gasteiger partial charge in [-0.15, -0.1) is 0 Å². The van der Waals surface area contributed by atoms with Gasteiger partial charge in [0.15, 0.2) is 0 Å². The van der Waals surface area contributed by atoms with Crippen LogP contribution in [0.25, 0.3) is 0 Å². The number of methoxy groups -OCH3 is 1. The molecule has 0 aromatic heterocycles. The fraction of sp³-hybridized carbons (Fsp3) is 0.533. The van der Waals surface area contributed by atoms with Crippen LogP contribution in [0, 0.1) is 10.8 Å². The molecule has 2 rings (SSSR count). The maximum atomic E-state index is 12.4. The average Bonchev–Trinajstić information content (AvgIpc) is 2.71. The van der Waals surface area contributed by atoms with Crippen LogP contribution in [0.15, 0.2) is 18.2 Å². The van der Waals surface area contributed by atoms with Crippen LogP contribution in [0.1, 0.15) is 38.1 Å². The third kappa shape index (κ3) is 1.95. The first kappa shape index (κ1) is 13.7. The number of anilines is 1. The van der Waals surface area contributed by atoms with Crippen LogP contribution in [0.4, 0.5) is 5.69 Å². The second kappa shape index (κ2) is 4.15. The standard InChI is InChI=1S/C15H22N2O2/c1-14(2)13(15(14,3)4)17-12(18)11-9(16)7-6-8-10(11)19-5/h6-8,13H,16H2,1-5H3,(H,17,18). The quantitative estimate of drug-likeness (QED) is 0.822. The maximum Gasteiger partial charge on any atom is 0.257 e. The first-order valence-electron chi connectivity index (χ1n) is 6.47. The Kier molecular flexibility index (Phi) is 3.00. The van der Waals surface area contributed by atoms with Crippen LogP contribution < -0.4 is 15.8 Å². The lowest BCUT2D eigenvalue weighted by Gasteiger charge is -2.12. The van der Waals surface area contributed by atoms with Crippen molar-refractivity contribution in [3.63, 3.8) is 0 Å². The summed E-state index contributed by atoms with van der Waals surface area (Å²) in [5, 5.41) is 3.07. The molecule has 1 aliphatic carbocycles. The van der Waals surface area contributed by atoms with E-state index in [-0.39, 0.29) is 22.8 Å². The molecule has 1 saturated carbocycles. The number of hydrogen-bond donors (Lipinski definition) is 2. The molecule has 0 unspecified atom stereocenters. The maximum absolute atomic E-state index is 12.4. The Bertz CT molecular complexity index is 507. The highest BCUT2D eigenvalue weighted by molar-refractivity contribution is 6.02. The minimum absolute atomic E-state index is 0.0967. The van der Waals surface area contributed by atoms with Crippen molar-refractivity contribution in [2.24, 2.45) is 10.8 Å². The van der Waals surface area contributed by atoms with Crippen LogP contribution in [0.5, 0.6) is 5.75 Å². The highest BCUT2D eigenvalue weighted by atomic mass is 16.5. The molecule has 104 valence electrons. The molecule has 0 radical (unpaired) electrons. The number of rotatable bonds is 3. The summed E-state index contributed by atoms with van der Waals surface area (Å²) < 4.78 is 5.21. The number of carbonyl (C=O) groups is 1. The summed E-state index contributed by atoms with van der Waals surface area (Å²) in [6, 6.07) is 5.38. The molecule has 4 heteroatoms. The lowest BCUT2D eigenvalue weighted by atomic mass is 10.0. The lowest BCUT2D eigenvalue weighted by molar-refractivity contribution is 0.0941. The molecule has 1 fully saturated rings. The summed E-state index contributed by atoms with van der Waals surface area (Å²) in [6.45, 7) is 8.63. The van der Waals surface area contributed by atoms with Gasteiger partial charge in [-0.05, 0) is 23.0 Å². The first-order valence-corrected chi connectivity index (χ1v) is 6.47. The predicted octanol–water partition coefficient (Wildman–Crippen LogP) is 2.44. The van der Waals surface area contributed by atoms with Crippen molar-refractivity contribution < 1.29 is 9.53 Å². The van der Waals surface area contributed by atoms with Gasteiger partial charge in [-0.1, -0.05) is 33.8 Å². The zero-order chi connectivity index (χ0) is 14.4. The normalized spacial score (nSPS) is 19.8. The first-order chi connectivity index (χ1) is 8.73. The molecule has 1 aromatic carbocycles. The summed E-state index contributed by atoms with van der Waals surface area (Å²) in [5.74, 6) is 0.340. The van der Waals surface area contributed by atoms with E-state index in [1.165, 1.54) is 7.11 Å². The number of amides is 1. The van der Waals surface area contributed by atoms with Crippen LogP contribution in [-0.2, 0) is 0 Å². The van der Waals surface area contributed by atoms with E-state index in [1.807, 2.05) is 0 Å². The molecule has 1 aromatic rings. The molecule has 1 aliphatic rings. The molecule has 19 heavy (non-hydrogen) atoms. The van der Waals surface area contributed by atoms with E-state index in [1.54, 1.807) is 18.2 Å². The average molecular weight is 262 g/mol. The molecule has 4 nitrogen and oxygen atoms in total. The Hall–Kier alpha value is -1.71. The van der Waals surface area contributed by atoms with Gasteiger partial charge >= 0.3 is 0 Å². The van der Waals surface area contributed by atoms with Crippen molar-refractivity contribution in [1.29, 1.82) is 0 Å². The Balaban J connectivity index is 2.23. The summed E-state index contributed by atoms with van der Waals surface area (Å²) >= 11 is 0. The fourth-order valence-corrected chi connectivity index (χ4v) is 2.72. The monoisotopic (exact) mass is 262 g/mol. The third-order valence-corrected chi connectivity index (χ3v) is 4.80. The molecular weight excluding hydrogens is 240 g/mol. The molecule has 0 aliphatic heterocycles. The number of nitrogens with two attached hydrogens (primary N) is 1. The van der Waals surface area contributed by atoms with Gasteiger partial charge in [-0.3, -0.25) is 4.79 Å². The molecule has 0 spiro atoms. The van der Waals surface area contributed by atoms with Crippen molar-refractivity contribution in [2.75, 3.05) is 12.8 Å². The van der Waals surface area contributed by atoms with E-state index < -0.39 is 0 Å². The van der Waals surface area contributed by atoms with Gasteiger partial charge in [-0.2, -0.15) is 0 Å². The number of nitrogens with one attached hydrogen (secondary N) is 1.